The first-order valence-corrected chi connectivity index (χ1v) is 7.00. The number of carbonyl (C=O) groups excluding carboxylic acids is 1. The van der Waals surface area contributed by atoms with Crippen LogP contribution in [0.5, 0.6) is 0 Å². The SMILES string of the molecule is O=CC1CCN(Cc2ccc3ccccc3c2)CC1. The van der Waals surface area contributed by atoms with Gasteiger partial charge in [-0.25, -0.2) is 0 Å². The first kappa shape index (κ1) is 12.4. The number of likely N-dealkylation sites (tertiary alicyclic amines) is 1. The van der Waals surface area contributed by atoms with Crippen LogP contribution in [0.2, 0.25) is 0 Å². The van der Waals surface area contributed by atoms with E-state index in [1.165, 1.54) is 16.3 Å². The number of rotatable bonds is 3. The molecule has 1 fully saturated rings. The van der Waals surface area contributed by atoms with Crippen LogP contribution in [0.3, 0.4) is 0 Å². The van der Waals surface area contributed by atoms with Crippen molar-refractivity contribution in [3.05, 3.63) is 48.0 Å². The summed E-state index contributed by atoms with van der Waals surface area (Å²) in [6, 6.07) is 15.2. The first-order chi connectivity index (χ1) is 9.35. The summed E-state index contributed by atoms with van der Waals surface area (Å²) in [6.07, 6.45) is 3.14. The lowest BCUT2D eigenvalue weighted by atomic mass is 9.98. The van der Waals surface area contributed by atoms with Crippen LogP contribution in [-0.2, 0) is 11.3 Å². The molecule has 2 aromatic carbocycles. The second kappa shape index (κ2) is 5.54. The number of carbonyl (C=O) groups is 1. The van der Waals surface area contributed by atoms with Gasteiger partial charge in [-0.2, -0.15) is 0 Å². The Kier molecular flexibility index (Phi) is 3.60. The third kappa shape index (κ3) is 2.85. The molecule has 1 aliphatic heterocycles. The van der Waals surface area contributed by atoms with E-state index in [0.717, 1.165) is 38.8 Å². The van der Waals surface area contributed by atoms with Gasteiger partial charge in [-0.05, 0) is 48.3 Å². The van der Waals surface area contributed by atoms with Gasteiger partial charge in [-0.1, -0.05) is 36.4 Å². The Labute approximate surface area is 114 Å². The van der Waals surface area contributed by atoms with Crippen molar-refractivity contribution in [2.24, 2.45) is 5.92 Å². The second-order valence-electron chi connectivity index (χ2n) is 5.43. The molecule has 0 radical (unpaired) electrons. The van der Waals surface area contributed by atoms with Gasteiger partial charge in [-0.3, -0.25) is 4.90 Å². The van der Waals surface area contributed by atoms with Gasteiger partial charge < -0.3 is 4.79 Å². The lowest BCUT2D eigenvalue weighted by Gasteiger charge is -2.29. The zero-order chi connectivity index (χ0) is 13.1. The van der Waals surface area contributed by atoms with Gasteiger partial charge in [0.25, 0.3) is 0 Å². The summed E-state index contributed by atoms with van der Waals surface area (Å²) in [5.74, 6) is 0.285. The van der Waals surface area contributed by atoms with Crippen molar-refractivity contribution in [1.82, 2.24) is 4.90 Å². The van der Waals surface area contributed by atoms with Crippen LogP contribution in [0, 0.1) is 5.92 Å². The van der Waals surface area contributed by atoms with Crippen molar-refractivity contribution in [2.75, 3.05) is 13.1 Å². The maximum Gasteiger partial charge on any atom is 0.123 e. The molecular weight excluding hydrogens is 234 g/mol. The summed E-state index contributed by atoms with van der Waals surface area (Å²) in [5.41, 5.74) is 1.36. The average Bonchev–Trinajstić information content (AvgIpc) is 2.48. The molecule has 2 nitrogen and oxygen atoms in total. The van der Waals surface area contributed by atoms with E-state index < -0.39 is 0 Å². The fraction of sp³-hybridized carbons (Fsp3) is 0.353. The van der Waals surface area contributed by atoms with Crippen LogP contribution in [-0.4, -0.2) is 24.3 Å². The molecule has 2 aromatic rings. The van der Waals surface area contributed by atoms with E-state index in [2.05, 4.69) is 47.4 Å². The maximum atomic E-state index is 10.8. The van der Waals surface area contributed by atoms with Crippen molar-refractivity contribution in [1.29, 1.82) is 0 Å². The topological polar surface area (TPSA) is 20.3 Å². The molecule has 19 heavy (non-hydrogen) atoms. The van der Waals surface area contributed by atoms with E-state index >= 15 is 0 Å². The summed E-state index contributed by atoms with van der Waals surface area (Å²) >= 11 is 0. The summed E-state index contributed by atoms with van der Waals surface area (Å²) in [7, 11) is 0. The van der Waals surface area contributed by atoms with E-state index in [1.54, 1.807) is 0 Å². The molecule has 0 atom stereocenters. The van der Waals surface area contributed by atoms with Crippen molar-refractivity contribution in [3.8, 4) is 0 Å². The molecule has 98 valence electrons. The van der Waals surface area contributed by atoms with Crippen molar-refractivity contribution < 1.29 is 4.79 Å². The van der Waals surface area contributed by atoms with Crippen LogP contribution in [0.4, 0.5) is 0 Å². The van der Waals surface area contributed by atoms with Gasteiger partial charge in [0.05, 0.1) is 0 Å². The molecule has 0 spiro atoms. The van der Waals surface area contributed by atoms with Gasteiger partial charge in [0.15, 0.2) is 0 Å². The van der Waals surface area contributed by atoms with Gasteiger partial charge in [-0.15, -0.1) is 0 Å². The highest BCUT2D eigenvalue weighted by molar-refractivity contribution is 5.82. The third-order valence-corrected chi connectivity index (χ3v) is 4.04. The van der Waals surface area contributed by atoms with E-state index in [4.69, 9.17) is 0 Å². The molecule has 3 rings (SSSR count). The smallest absolute Gasteiger partial charge is 0.123 e. The van der Waals surface area contributed by atoms with Gasteiger partial charge >= 0.3 is 0 Å². The molecule has 0 aromatic heterocycles. The maximum absolute atomic E-state index is 10.8. The fourth-order valence-corrected chi connectivity index (χ4v) is 2.84. The zero-order valence-electron chi connectivity index (χ0n) is 11.1. The van der Waals surface area contributed by atoms with E-state index in [-0.39, 0.29) is 5.92 Å². The molecule has 1 aliphatic rings. The molecule has 0 amide bonds. The predicted molar refractivity (Wildman–Crippen MR) is 78.0 cm³/mol. The highest BCUT2D eigenvalue weighted by Gasteiger charge is 2.18. The zero-order valence-corrected chi connectivity index (χ0v) is 11.1. The van der Waals surface area contributed by atoms with Crippen molar-refractivity contribution in [2.45, 2.75) is 19.4 Å². The minimum atomic E-state index is 0.285. The van der Waals surface area contributed by atoms with Crippen LogP contribution in [0.1, 0.15) is 18.4 Å². The Bertz CT molecular complexity index is 570. The summed E-state index contributed by atoms with van der Waals surface area (Å²) in [4.78, 5) is 13.2. The normalized spacial score (nSPS) is 17.7. The molecule has 1 heterocycles. The van der Waals surface area contributed by atoms with Gasteiger partial charge in [0, 0.05) is 12.5 Å². The predicted octanol–water partition coefficient (Wildman–Crippen LogP) is 3.25. The van der Waals surface area contributed by atoms with Gasteiger partial charge in [0.2, 0.25) is 0 Å². The Morgan fingerprint density at radius 1 is 1.05 bits per heavy atom. The van der Waals surface area contributed by atoms with Gasteiger partial charge in [0.1, 0.15) is 6.29 Å². The molecule has 0 bridgehead atoms. The number of fused-ring (bicyclic) bond motifs is 1. The Balaban J connectivity index is 1.70. The standard InChI is InChI=1S/C17H19NO/c19-13-14-7-9-18(10-8-14)12-15-5-6-16-3-1-2-4-17(16)11-15/h1-6,11,13-14H,7-10,12H2. The minimum Gasteiger partial charge on any atom is -0.303 e. The van der Waals surface area contributed by atoms with E-state index in [1.807, 2.05) is 0 Å². The fourth-order valence-electron chi connectivity index (χ4n) is 2.84. The van der Waals surface area contributed by atoms with E-state index in [0.29, 0.717) is 0 Å². The summed E-state index contributed by atoms with van der Waals surface area (Å²) < 4.78 is 0. The summed E-state index contributed by atoms with van der Waals surface area (Å²) in [6.45, 7) is 3.07. The molecular formula is C17H19NO. The highest BCUT2D eigenvalue weighted by atomic mass is 16.1. The third-order valence-electron chi connectivity index (χ3n) is 4.04. The number of hydrogen-bond donors (Lipinski definition) is 0. The molecule has 0 saturated carbocycles. The Morgan fingerprint density at radius 2 is 1.79 bits per heavy atom. The number of hydrogen-bond acceptors (Lipinski definition) is 2. The molecule has 1 saturated heterocycles. The second-order valence-corrected chi connectivity index (χ2v) is 5.43. The van der Waals surface area contributed by atoms with E-state index in [9.17, 15) is 4.79 Å². The Morgan fingerprint density at radius 3 is 2.53 bits per heavy atom. The number of nitrogens with zero attached hydrogens (tertiary/aromatic N) is 1. The number of benzene rings is 2. The van der Waals surface area contributed by atoms with Crippen molar-refractivity contribution >= 4 is 17.1 Å². The molecule has 2 heteroatoms. The van der Waals surface area contributed by atoms with Crippen LogP contribution < -0.4 is 0 Å². The van der Waals surface area contributed by atoms with Crippen LogP contribution in [0.25, 0.3) is 10.8 Å². The minimum absolute atomic E-state index is 0.285. The summed E-state index contributed by atoms with van der Waals surface area (Å²) in [5, 5.41) is 2.61. The lowest BCUT2D eigenvalue weighted by Crippen LogP contribution is -2.33. The molecule has 0 N–H and O–H groups in total. The number of piperidine rings is 1. The quantitative estimate of drug-likeness (QED) is 0.783. The monoisotopic (exact) mass is 253 g/mol. The molecule has 0 unspecified atom stereocenters. The average molecular weight is 253 g/mol. The van der Waals surface area contributed by atoms with Crippen LogP contribution >= 0.6 is 0 Å². The van der Waals surface area contributed by atoms with Crippen molar-refractivity contribution in [3.63, 3.8) is 0 Å². The highest BCUT2D eigenvalue weighted by Crippen LogP contribution is 2.20. The first-order valence-electron chi connectivity index (χ1n) is 7.00. The largest absolute Gasteiger partial charge is 0.303 e. The molecule has 0 aliphatic carbocycles. The lowest BCUT2D eigenvalue weighted by molar-refractivity contribution is -0.112. The number of aldehydes is 1. The Hall–Kier alpha value is -1.67. The van der Waals surface area contributed by atoms with Crippen LogP contribution in [0.15, 0.2) is 42.5 Å².